The molecule has 108 valence electrons. The summed E-state index contributed by atoms with van der Waals surface area (Å²) in [4.78, 5) is 0. The van der Waals surface area contributed by atoms with Gasteiger partial charge in [-0.1, -0.05) is 50.6 Å². The third-order valence-electron chi connectivity index (χ3n) is 3.77. The van der Waals surface area contributed by atoms with E-state index in [0.29, 0.717) is 0 Å². The van der Waals surface area contributed by atoms with Gasteiger partial charge in [-0.05, 0) is 31.3 Å². The van der Waals surface area contributed by atoms with Crippen LogP contribution in [0.3, 0.4) is 0 Å². The van der Waals surface area contributed by atoms with E-state index >= 15 is 0 Å². The summed E-state index contributed by atoms with van der Waals surface area (Å²) in [6.45, 7) is 5.87. The molecule has 1 aromatic carbocycles. The number of alkyl halides is 3. The van der Waals surface area contributed by atoms with Crippen molar-refractivity contribution >= 4 is 0 Å². The van der Waals surface area contributed by atoms with E-state index in [0.717, 1.165) is 29.9 Å². The molecule has 1 aliphatic rings. The number of halogens is 3. The topological polar surface area (TPSA) is 12.0 Å². The second kappa shape index (κ2) is 6.94. The summed E-state index contributed by atoms with van der Waals surface area (Å²) in [6.07, 6.45) is -2.84. The van der Waals surface area contributed by atoms with E-state index in [2.05, 4.69) is 19.2 Å². The molecule has 1 saturated carbocycles. The molecule has 0 spiro atoms. The molecule has 0 saturated heterocycles. The molecule has 0 heterocycles. The second-order valence-corrected chi connectivity index (χ2v) is 5.02. The van der Waals surface area contributed by atoms with Gasteiger partial charge in [-0.25, -0.2) is 0 Å². The van der Waals surface area contributed by atoms with E-state index in [4.69, 9.17) is 0 Å². The van der Waals surface area contributed by atoms with E-state index in [1.165, 1.54) is 25.1 Å². The van der Waals surface area contributed by atoms with Crippen LogP contribution >= 0.6 is 0 Å². The zero-order valence-corrected chi connectivity index (χ0v) is 11.7. The van der Waals surface area contributed by atoms with Gasteiger partial charge in [0.05, 0.1) is 5.56 Å². The monoisotopic (exact) mass is 273 g/mol. The Kier molecular flexibility index (Phi) is 5.85. The van der Waals surface area contributed by atoms with Crippen molar-refractivity contribution < 1.29 is 13.2 Å². The molecule has 3 unspecified atom stereocenters. The molecule has 0 aromatic heterocycles. The van der Waals surface area contributed by atoms with E-state index in [-0.39, 0.29) is 0 Å². The molecule has 1 nitrogen and oxygen atoms in total. The van der Waals surface area contributed by atoms with Gasteiger partial charge in [0.1, 0.15) is 0 Å². The zero-order chi connectivity index (χ0) is 14.5. The molecule has 0 aliphatic heterocycles. The van der Waals surface area contributed by atoms with E-state index in [1.807, 2.05) is 7.05 Å². The predicted octanol–water partition coefficient (Wildman–Crippen LogP) is 4.20. The molecule has 0 radical (unpaired) electrons. The Morgan fingerprint density at radius 2 is 1.68 bits per heavy atom. The molecule has 3 atom stereocenters. The molecular formula is C15H22F3N. The lowest BCUT2D eigenvalue weighted by molar-refractivity contribution is -0.137. The SMILES string of the molecule is CCC1C(C)C1CNC.FC(F)(F)c1ccccc1. The summed E-state index contributed by atoms with van der Waals surface area (Å²) in [5.41, 5.74) is -0.602. The van der Waals surface area contributed by atoms with Gasteiger partial charge in [-0.3, -0.25) is 0 Å². The van der Waals surface area contributed by atoms with Crippen molar-refractivity contribution in [3.8, 4) is 0 Å². The Morgan fingerprint density at radius 1 is 1.11 bits per heavy atom. The minimum absolute atomic E-state index is 0.602. The van der Waals surface area contributed by atoms with Crippen molar-refractivity contribution in [3.05, 3.63) is 35.9 Å². The van der Waals surface area contributed by atoms with E-state index in [1.54, 1.807) is 6.07 Å². The molecule has 1 aliphatic carbocycles. The fourth-order valence-electron chi connectivity index (χ4n) is 2.51. The van der Waals surface area contributed by atoms with Crippen LogP contribution in [-0.2, 0) is 6.18 Å². The smallest absolute Gasteiger partial charge is 0.319 e. The van der Waals surface area contributed by atoms with Gasteiger partial charge in [-0.2, -0.15) is 13.2 Å². The summed E-state index contributed by atoms with van der Waals surface area (Å²) in [5.74, 6) is 3.00. The lowest BCUT2D eigenvalue weighted by Gasteiger charge is -2.03. The average Bonchev–Trinajstić information content (AvgIpc) is 3.00. The first-order chi connectivity index (χ1) is 8.91. The van der Waals surface area contributed by atoms with E-state index in [9.17, 15) is 13.2 Å². The summed E-state index contributed by atoms with van der Waals surface area (Å²) in [7, 11) is 2.04. The van der Waals surface area contributed by atoms with Gasteiger partial charge in [-0.15, -0.1) is 0 Å². The first-order valence-corrected chi connectivity index (χ1v) is 6.68. The van der Waals surface area contributed by atoms with Crippen LogP contribution in [0.5, 0.6) is 0 Å². The quantitative estimate of drug-likeness (QED) is 0.870. The Labute approximate surface area is 113 Å². The van der Waals surface area contributed by atoms with Crippen LogP contribution in [0.1, 0.15) is 25.8 Å². The molecule has 2 rings (SSSR count). The van der Waals surface area contributed by atoms with Gasteiger partial charge >= 0.3 is 6.18 Å². The molecule has 1 fully saturated rings. The molecule has 19 heavy (non-hydrogen) atoms. The second-order valence-electron chi connectivity index (χ2n) is 5.02. The van der Waals surface area contributed by atoms with Crippen molar-refractivity contribution in [1.82, 2.24) is 5.32 Å². The predicted molar refractivity (Wildman–Crippen MR) is 71.8 cm³/mol. The lowest BCUT2D eigenvalue weighted by atomic mass is 10.2. The van der Waals surface area contributed by atoms with Gasteiger partial charge in [0, 0.05) is 0 Å². The van der Waals surface area contributed by atoms with Crippen LogP contribution in [0.4, 0.5) is 13.2 Å². The minimum atomic E-state index is -4.21. The van der Waals surface area contributed by atoms with Gasteiger partial charge < -0.3 is 5.32 Å². The van der Waals surface area contributed by atoms with Gasteiger partial charge in [0.2, 0.25) is 0 Å². The van der Waals surface area contributed by atoms with Crippen molar-refractivity contribution in [1.29, 1.82) is 0 Å². The lowest BCUT2D eigenvalue weighted by Crippen LogP contribution is -2.10. The molecule has 0 bridgehead atoms. The van der Waals surface area contributed by atoms with Crippen LogP contribution in [0, 0.1) is 17.8 Å². The number of rotatable bonds is 3. The fourth-order valence-corrected chi connectivity index (χ4v) is 2.51. The number of benzene rings is 1. The molecular weight excluding hydrogens is 251 g/mol. The highest BCUT2D eigenvalue weighted by atomic mass is 19.4. The van der Waals surface area contributed by atoms with Crippen LogP contribution in [-0.4, -0.2) is 13.6 Å². The van der Waals surface area contributed by atoms with Crippen LogP contribution in [0.2, 0.25) is 0 Å². The van der Waals surface area contributed by atoms with Crippen molar-refractivity contribution in [2.24, 2.45) is 17.8 Å². The molecule has 4 heteroatoms. The first kappa shape index (κ1) is 16.0. The largest absolute Gasteiger partial charge is 0.416 e. The maximum atomic E-state index is 11.8. The van der Waals surface area contributed by atoms with E-state index < -0.39 is 11.7 Å². The van der Waals surface area contributed by atoms with Crippen molar-refractivity contribution in [2.45, 2.75) is 26.4 Å². The standard InChI is InChI=1S/C8H17N.C7H5F3/c1-4-7-6(2)8(7)5-9-3;8-7(9,10)6-4-2-1-3-5-6/h6-9H,4-5H2,1-3H3;1-5H. The van der Waals surface area contributed by atoms with Crippen LogP contribution in [0.25, 0.3) is 0 Å². The zero-order valence-electron chi connectivity index (χ0n) is 11.7. The summed E-state index contributed by atoms with van der Waals surface area (Å²) < 4.78 is 35.4. The maximum absolute atomic E-state index is 11.8. The first-order valence-electron chi connectivity index (χ1n) is 6.68. The van der Waals surface area contributed by atoms with Crippen molar-refractivity contribution in [3.63, 3.8) is 0 Å². The number of hydrogen-bond acceptors (Lipinski definition) is 1. The summed E-state index contributed by atoms with van der Waals surface area (Å²) >= 11 is 0. The molecule has 1 N–H and O–H groups in total. The number of hydrogen-bond donors (Lipinski definition) is 1. The molecule has 1 aromatic rings. The van der Waals surface area contributed by atoms with Gasteiger partial charge in [0.25, 0.3) is 0 Å². The Bertz CT molecular complexity index is 361. The highest BCUT2D eigenvalue weighted by Crippen LogP contribution is 2.47. The fraction of sp³-hybridized carbons (Fsp3) is 0.600. The van der Waals surface area contributed by atoms with Crippen LogP contribution < -0.4 is 5.32 Å². The Morgan fingerprint density at radius 3 is 2.00 bits per heavy atom. The highest BCUT2D eigenvalue weighted by molar-refractivity contribution is 5.17. The molecule has 0 amide bonds. The maximum Gasteiger partial charge on any atom is 0.416 e. The average molecular weight is 273 g/mol. The summed E-state index contributed by atoms with van der Waals surface area (Å²) in [6, 6.07) is 6.36. The van der Waals surface area contributed by atoms with Crippen LogP contribution in [0.15, 0.2) is 30.3 Å². The Balaban J connectivity index is 0.000000191. The number of nitrogens with one attached hydrogen (secondary N) is 1. The Hall–Kier alpha value is -1.03. The minimum Gasteiger partial charge on any atom is -0.319 e. The third kappa shape index (κ3) is 4.86. The van der Waals surface area contributed by atoms with Gasteiger partial charge in [0.15, 0.2) is 0 Å². The third-order valence-corrected chi connectivity index (χ3v) is 3.77. The summed E-state index contributed by atoms with van der Waals surface area (Å²) in [5, 5.41) is 3.22. The normalized spacial score (nSPS) is 25.5. The van der Waals surface area contributed by atoms with Crippen molar-refractivity contribution in [2.75, 3.05) is 13.6 Å². The highest BCUT2D eigenvalue weighted by Gasteiger charge is 2.43.